The van der Waals surface area contributed by atoms with Crippen LogP contribution < -0.4 is 5.32 Å². The van der Waals surface area contributed by atoms with Gasteiger partial charge in [-0.3, -0.25) is 4.79 Å². The maximum absolute atomic E-state index is 11.9. The Morgan fingerprint density at radius 2 is 1.91 bits per heavy atom. The lowest BCUT2D eigenvalue weighted by molar-refractivity contribution is -0.137. The Kier molecular flexibility index (Phi) is 6.25. The standard InChI is InChI=1S/C17H23NO4/c19-16(20)11-10-14-8-4-5-9-15(14)18-17(21)22-12-13-6-2-1-3-7-13/h1-3,6-7,14-15H,4-5,8-12H2,(H,18,21)(H,19,20). The molecular weight excluding hydrogens is 282 g/mol. The Balaban J connectivity index is 1.79. The molecule has 22 heavy (non-hydrogen) atoms. The number of amides is 1. The molecular formula is C17H23NO4. The van der Waals surface area contributed by atoms with Crippen molar-refractivity contribution in [1.29, 1.82) is 0 Å². The minimum Gasteiger partial charge on any atom is -0.481 e. The highest BCUT2D eigenvalue weighted by atomic mass is 16.5. The van der Waals surface area contributed by atoms with Gasteiger partial charge >= 0.3 is 12.1 Å². The van der Waals surface area contributed by atoms with Crippen molar-refractivity contribution < 1.29 is 19.4 Å². The summed E-state index contributed by atoms with van der Waals surface area (Å²) in [7, 11) is 0. The average Bonchev–Trinajstić information content (AvgIpc) is 2.53. The van der Waals surface area contributed by atoms with E-state index >= 15 is 0 Å². The molecule has 1 aromatic carbocycles. The molecule has 5 nitrogen and oxygen atoms in total. The number of ether oxygens (including phenoxy) is 1. The first-order valence-electron chi connectivity index (χ1n) is 7.84. The van der Waals surface area contributed by atoms with Crippen LogP contribution in [0.2, 0.25) is 0 Å². The molecule has 2 N–H and O–H groups in total. The Bertz CT molecular complexity index is 489. The second kappa shape index (κ2) is 8.41. The van der Waals surface area contributed by atoms with Gasteiger partial charge in [0.2, 0.25) is 0 Å². The molecule has 1 aliphatic carbocycles. The van der Waals surface area contributed by atoms with Crippen molar-refractivity contribution in [2.75, 3.05) is 0 Å². The van der Waals surface area contributed by atoms with Crippen molar-refractivity contribution in [3.63, 3.8) is 0 Å². The molecule has 1 saturated carbocycles. The lowest BCUT2D eigenvalue weighted by atomic mass is 9.82. The van der Waals surface area contributed by atoms with E-state index in [1.807, 2.05) is 30.3 Å². The van der Waals surface area contributed by atoms with Gasteiger partial charge in [-0.05, 0) is 30.7 Å². The van der Waals surface area contributed by atoms with Gasteiger partial charge in [0.05, 0.1) is 0 Å². The van der Waals surface area contributed by atoms with Crippen LogP contribution in [0.25, 0.3) is 0 Å². The van der Waals surface area contributed by atoms with Crippen molar-refractivity contribution in [3.05, 3.63) is 35.9 Å². The van der Waals surface area contributed by atoms with Crippen LogP contribution in [0, 0.1) is 5.92 Å². The molecule has 0 bridgehead atoms. The Morgan fingerprint density at radius 1 is 1.18 bits per heavy atom. The third kappa shape index (κ3) is 5.39. The van der Waals surface area contributed by atoms with Crippen LogP contribution in [0.15, 0.2) is 30.3 Å². The van der Waals surface area contributed by atoms with Crippen LogP contribution in [0.1, 0.15) is 44.1 Å². The highest BCUT2D eigenvalue weighted by Crippen LogP contribution is 2.28. The fourth-order valence-electron chi connectivity index (χ4n) is 2.97. The lowest BCUT2D eigenvalue weighted by Crippen LogP contribution is -2.42. The Morgan fingerprint density at radius 3 is 2.64 bits per heavy atom. The summed E-state index contributed by atoms with van der Waals surface area (Å²) in [5.41, 5.74) is 0.948. The third-order valence-corrected chi connectivity index (χ3v) is 4.15. The molecule has 0 aromatic heterocycles. The number of carbonyl (C=O) groups is 2. The number of benzene rings is 1. The van der Waals surface area contributed by atoms with Gasteiger partial charge in [-0.2, -0.15) is 0 Å². The van der Waals surface area contributed by atoms with E-state index in [-0.39, 0.29) is 25.0 Å². The summed E-state index contributed by atoms with van der Waals surface area (Å²) in [5, 5.41) is 11.7. The fraction of sp³-hybridized carbons (Fsp3) is 0.529. The topological polar surface area (TPSA) is 75.6 Å². The van der Waals surface area contributed by atoms with E-state index < -0.39 is 12.1 Å². The first-order valence-corrected chi connectivity index (χ1v) is 7.84. The van der Waals surface area contributed by atoms with Crippen LogP contribution in [-0.2, 0) is 16.1 Å². The first kappa shape index (κ1) is 16.3. The molecule has 120 valence electrons. The summed E-state index contributed by atoms with van der Waals surface area (Å²) in [4.78, 5) is 22.6. The minimum atomic E-state index is -0.782. The first-order chi connectivity index (χ1) is 10.6. The molecule has 1 aromatic rings. The molecule has 2 unspecified atom stereocenters. The fourth-order valence-corrected chi connectivity index (χ4v) is 2.97. The second-order valence-electron chi connectivity index (χ2n) is 5.79. The number of carboxylic acid groups (broad SMARTS) is 1. The van der Waals surface area contributed by atoms with Gasteiger partial charge in [0, 0.05) is 12.5 Å². The zero-order chi connectivity index (χ0) is 15.8. The predicted molar refractivity (Wildman–Crippen MR) is 82.4 cm³/mol. The molecule has 2 atom stereocenters. The number of nitrogens with one attached hydrogen (secondary N) is 1. The van der Waals surface area contributed by atoms with E-state index in [1.165, 1.54) is 0 Å². The van der Waals surface area contributed by atoms with E-state index in [1.54, 1.807) is 0 Å². The van der Waals surface area contributed by atoms with Gasteiger partial charge in [0.1, 0.15) is 6.61 Å². The van der Waals surface area contributed by atoms with Crippen LogP contribution in [0.5, 0.6) is 0 Å². The van der Waals surface area contributed by atoms with Crippen LogP contribution in [0.3, 0.4) is 0 Å². The SMILES string of the molecule is O=C(O)CCC1CCCCC1NC(=O)OCc1ccccc1. The average molecular weight is 305 g/mol. The number of carbonyl (C=O) groups excluding carboxylic acids is 1. The molecule has 5 heteroatoms. The number of alkyl carbamates (subject to hydrolysis) is 1. The van der Waals surface area contributed by atoms with E-state index in [2.05, 4.69) is 5.32 Å². The summed E-state index contributed by atoms with van der Waals surface area (Å²) in [6, 6.07) is 9.56. The number of hydrogen-bond acceptors (Lipinski definition) is 3. The second-order valence-corrected chi connectivity index (χ2v) is 5.79. The summed E-state index contributed by atoms with van der Waals surface area (Å²) in [5.74, 6) is -0.551. The van der Waals surface area contributed by atoms with Crippen molar-refractivity contribution in [2.24, 2.45) is 5.92 Å². The maximum atomic E-state index is 11.9. The largest absolute Gasteiger partial charge is 0.481 e. The summed E-state index contributed by atoms with van der Waals surface area (Å²) in [6.45, 7) is 0.249. The number of hydrogen-bond donors (Lipinski definition) is 2. The number of carboxylic acids is 1. The predicted octanol–water partition coefficient (Wildman–Crippen LogP) is 3.34. The molecule has 1 fully saturated rings. The molecule has 0 spiro atoms. The van der Waals surface area contributed by atoms with E-state index in [0.717, 1.165) is 31.2 Å². The zero-order valence-corrected chi connectivity index (χ0v) is 12.7. The van der Waals surface area contributed by atoms with Gasteiger partial charge in [-0.15, -0.1) is 0 Å². The van der Waals surface area contributed by atoms with Gasteiger partial charge < -0.3 is 15.2 Å². The third-order valence-electron chi connectivity index (χ3n) is 4.15. The molecule has 1 aliphatic rings. The van der Waals surface area contributed by atoms with E-state index in [4.69, 9.17) is 9.84 Å². The van der Waals surface area contributed by atoms with E-state index in [0.29, 0.717) is 6.42 Å². The van der Waals surface area contributed by atoms with Gasteiger partial charge in [-0.25, -0.2) is 4.79 Å². The quantitative estimate of drug-likeness (QED) is 0.845. The van der Waals surface area contributed by atoms with Crippen molar-refractivity contribution in [3.8, 4) is 0 Å². The molecule has 0 saturated heterocycles. The molecule has 2 rings (SSSR count). The normalized spacial score (nSPS) is 21.1. The smallest absolute Gasteiger partial charge is 0.407 e. The van der Waals surface area contributed by atoms with Gasteiger partial charge in [0.25, 0.3) is 0 Å². The van der Waals surface area contributed by atoms with E-state index in [9.17, 15) is 9.59 Å². The summed E-state index contributed by atoms with van der Waals surface area (Å²) in [6.07, 6.45) is 4.37. The summed E-state index contributed by atoms with van der Waals surface area (Å²) < 4.78 is 5.24. The van der Waals surface area contributed by atoms with Crippen molar-refractivity contribution in [1.82, 2.24) is 5.32 Å². The highest BCUT2D eigenvalue weighted by Gasteiger charge is 2.27. The van der Waals surface area contributed by atoms with Crippen LogP contribution in [-0.4, -0.2) is 23.2 Å². The molecule has 0 aliphatic heterocycles. The van der Waals surface area contributed by atoms with Gasteiger partial charge in [-0.1, -0.05) is 43.2 Å². The Labute approximate surface area is 130 Å². The lowest BCUT2D eigenvalue weighted by Gasteiger charge is -2.31. The Hall–Kier alpha value is -2.04. The van der Waals surface area contributed by atoms with Crippen LogP contribution in [0.4, 0.5) is 4.79 Å². The highest BCUT2D eigenvalue weighted by molar-refractivity contribution is 5.68. The van der Waals surface area contributed by atoms with Gasteiger partial charge in [0.15, 0.2) is 0 Å². The number of rotatable bonds is 6. The minimum absolute atomic E-state index is 0.0244. The monoisotopic (exact) mass is 305 g/mol. The van der Waals surface area contributed by atoms with Crippen molar-refractivity contribution >= 4 is 12.1 Å². The van der Waals surface area contributed by atoms with Crippen molar-refractivity contribution in [2.45, 2.75) is 51.2 Å². The zero-order valence-electron chi connectivity index (χ0n) is 12.7. The van der Waals surface area contributed by atoms with Crippen LogP contribution >= 0.6 is 0 Å². The molecule has 0 radical (unpaired) electrons. The molecule has 0 heterocycles. The maximum Gasteiger partial charge on any atom is 0.407 e. The number of aliphatic carboxylic acids is 1. The molecule has 1 amide bonds. The summed E-state index contributed by atoms with van der Waals surface area (Å²) >= 11 is 0.